The van der Waals surface area contributed by atoms with E-state index in [9.17, 15) is 18.0 Å². The van der Waals surface area contributed by atoms with E-state index >= 15 is 0 Å². The predicted molar refractivity (Wildman–Crippen MR) is 107 cm³/mol. The van der Waals surface area contributed by atoms with Crippen LogP contribution in [-0.4, -0.2) is 37.9 Å². The largest absolute Gasteiger partial charge is 0.303 e. The Morgan fingerprint density at radius 1 is 1.26 bits per heavy atom. The molecule has 2 rings (SSSR count). The van der Waals surface area contributed by atoms with Gasteiger partial charge in [-0.3, -0.25) is 4.79 Å². The molecule has 0 amide bonds. The van der Waals surface area contributed by atoms with Crippen LogP contribution in [0.15, 0.2) is 23.1 Å². The molecule has 1 aromatic carbocycles. The van der Waals surface area contributed by atoms with E-state index in [1.165, 1.54) is 10.4 Å². The first-order valence-corrected chi connectivity index (χ1v) is 11.5. The van der Waals surface area contributed by atoms with E-state index in [4.69, 9.17) is 11.6 Å². The molecular formula is C20H28ClNO4S. The number of halogens is 1. The molecule has 1 heterocycles. The fourth-order valence-electron chi connectivity index (χ4n) is 3.48. The van der Waals surface area contributed by atoms with E-state index < -0.39 is 15.9 Å². The molecule has 27 heavy (non-hydrogen) atoms. The van der Waals surface area contributed by atoms with Crippen LogP contribution in [0.2, 0.25) is 5.02 Å². The van der Waals surface area contributed by atoms with Gasteiger partial charge in [-0.1, -0.05) is 37.8 Å². The van der Waals surface area contributed by atoms with Crippen molar-refractivity contribution in [3.8, 4) is 0 Å². The van der Waals surface area contributed by atoms with Gasteiger partial charge in [0.25, 0.3) is 0 Å². The standard InChI is InChI=1S/C20H28ClNO4S/c1-2-3-8-17(20(24)9-7-14-23)18-15-16(10-11-19(18)21)27(25,26)22-12-5-4-6-13-22/h10-11,14-15,17H,2-9,12-13H2,1H3. The van der Waals surface area contributed by atoms with Crippen molar-refractivity contribution in [2.24, 2.45) is 0 Å². The highest BCUT2D eigenvalue weighted by Gasteiger charge is 2.29. The molecule has 1 saturated heterocycles. The van der Waals surface area contributed by atoms with Gasteiger partial charge in [0.2, 0.25) is 10.0 Å². The number of nitrogens with zero attached hydrogens (tertiary/aromatic N) is 1. The molecule has 7 heteroatoms. The Morgan fingerprint density at radius 3 is 2.59 bits per heavy atom. The number of rotatable bonds is 10. The van der Waals surface area contributed by atoms with Crippen molar-refractivity contribution in [3.63, 3.8) is 0 Å². The average Bonchev–Trinajstić information content (AvgIpc) is 2.68. The Morgan fingerprint density at radius 2 is 1.96 bits per heavy atom. The summed E-state index contributed by atoms with van der Waals surface area (Å²) in [5.41, 5.74) is 0.555. The number of piperidine rings is 1. The lowest BCUT2D eigenvalue weighted by Crippen LogP contribution is -2.35. The van der Waals surface area contributed by atoms with Crippen LogP contribution >= 0.6 is 11.6 Å². The maximum Gasteiger partial charge on any atom is 0.243 e. The molecular weight excluding hydrogens is 386 g/mol. The monoisotopic (exact) mass is 413 g/mol. The number of Topliss-reactive ketones (excluding diaryl/α,β-unsaturated/α-hetero) is 1. The highest BCUT2D eigenvalue weighted by Crippen LogP contribution is 2.33. The van der Waals surface area contributed by atoms with E-state index in [1.54, 1.807) is 12.1 Å². The van der Waals surface area contributed by atoms with Gasteiger partial charge in [0.1, 0.15) is 12.1 Å². The Labute approximate surface area is 167 Å². The van der Waals surface area contributed by atoms with Crippen molar-refractivity contribution in [3.05, 3.63) is 28.8 Å². The zero-order valence-electron chi connectivity index (χ0n) is 15.8. The van der Waals surface area contributed by atoms with Crippen molar-refractivity contribution in [2.45, 2.75) is 69.1 Å². The topological polar surface area (TPSA) is 71.5 Å². The highest BCUT2D eigenvalue weighted by molar-refractivity contribution is 7.89. The molecule has 1 aliphatic rings. The summed E-state index contributed by atoms with van der Waals surface area (Å²) in [7, 11) is -3.59. The maximum atomic E-state index is 13.0. The van der Waals surface area contributed by atoms with Crippen LogP contribution in [0.25, 0.3) is 0 Å². The molecule has 1 unspecified atom stereocenters. The molecule has 0 spiro atoms. The molecule has 5 nitrogen and oxygen atoms in total. The molecule has 0 radical (unpaired) electrons. The number of unbranched alkanes of at least 4 members (excludes halogenated alkanes) is 1. The SMILES string of the molecule is CCCCC(C(=O)CCC=O)c1cc(S(=O)(=O)N2CCCCC2)ccc1Cl. The van der Waals surface area contributed by atoms with Gasteiger partial charge in [0, 0.05) is 36.9 Å². The summed E-state index contributed by atoms with van der Waals surface area (Å²) in [4.78, 5) is 23.5. The lowest BCUT2D eigenvalue weighted by molar-refractivity contribution is -0.122. The second-order valence-corrected chi connectivity index (χ2v) is 9.36. The van der Waals surface area contributed by atoms with E-state index in [-0.39, 0.29) is 23.5 Å². The van der Waals surface area contributed by atoms with Gasteiger partial charge in [-0.2, -0.15) is 4.31 Å². The van der Waals surface area contributed by atoms with Crippen LogP contribution in [-0.2, 0) is 19.6 Å². The number of carbonyl (C=O) groups is 2. The number of aldehydes is 1. The van der Waals surface area contributed by atoms with Gasteiger partial charge in [-0.15, -0.1) is 0 Å². The summed E-state index contributed by atoms with van der Waals surface area (Å²) in [6, 6.07) is 4.65. The Kier molecular flexibility index (Phi) is 8.45. The van der Waals surface area contributed by atoms with Gasteiger partial charge in [-0.25, -0.2) is 8.42 Å². The third-order valence-electron chi connectivity index (χ3n) is 5.04. The lowest BCUT2D eigenvalue weighted by atomic mass is 9.88. The third kappa shape index (κ3) is 5.62. The van der Waals surface area contributed by atoms with Crippen LogP contribution in [0.1, 0.15) is 69.8 Å². The minimum Gasteiger partial charge on any atom is -0.303 e. The number of ketones is 1. The second kappa shape index (κ2) is 10.3. The Hall–Kier alpha value is -1.24. The average molecular weight is 414 g/mol. The molecule has 150 valence electrons. The zero-order valence-corrected chi connectivity index (χ0v) is 17.4. The summed E-state index contributed by atoms with van der Waals surface area (Å²) in [5.74, 6) is -0.543. The summed E-state index contributed by atoms with van der Waals surface area (Å²) in [6.07, 6.45) is 6.17. The quantitative estimate of drug-likeness (QED) is 0.535. The van der Waals surface area contributed by atoms with Crippen LogP contribution in [0.4, 0.5) is 0 Å². The number of sulfonamides is 1. The summed E-state index contributed by atoms with van der Waals surface area (Å²) >= 11 is 6.35. The molecule has 1 aromatic rings. The van der Waals surface area contributed by atoms with E-state index in [1.807, 2.05) is 6.92 Å². The van der Waals surface area contributed by atoms with Crippen molar-refractivity contribution in [1.29, 1.82) is 0 Å². The van der Waals surface area contributed by atoms with Gasteiger partial charge in [0.15, 0.2) is 0 Å². The molecule has 1 aliphatic heterocycles. The van der Waals surface area contributed by atoms with Gasteiger partial charge in [-0.05, 0) is 43.0 Å². The van der Waals surface area contributed by atoms with Crippen molar-refractivity contribution < 1.29 is 18.0 Å². The maximum absolute atomic E-state index is 13.0. The van der Waals surface area contributed by atoms with E-state index in [2.05, 4.69) is 0 Å². The predicted octanol–water partition coefficient (Wildman–Crippen LogP) is 4.34. The molecule has 0 aromatic heterocycles. The summed E-state index contributed by atoms with van der Waals surface area (Å²) in [5, 5.41) is 0.396. The smallest absolute Gasteiger partial charge is 0.243 e. The van der Waals surface area contributed by atoms with Crippen LogP contribution < -0.4 is 0 Å². The van der Waals surface area contributed by atoms with Crippen LogP contribution in [0.5, 0.6) is 0 Å². The summed E-state index contributed by atoms with van der Waals surface area (Å²) < 4.78 is 27.5. The van der Waals surface area contributed by atoms with Gasteiger partial charge < -0.3 is 4.79 Å². The lowest BCUT2D eigenvalue weighted by Gasteiger charge is -2.26. The molecule has 0 saturated carbocycles. The fraction of sp³-hybridized carbons (Fsp3) is 0.600. The fourth-order valence-corrected chi connectivity index (χ4v) is 5.28. The minimum atomic E-state index is -3.59. The zero-order chi connectivity index (χ0) is 19.9. The number of hydrogen-bond acceptors (Lipinski definition) is 4. The molecule has 1 fully saturated rings. The van der Waals surface area contributed by atoms with Crippen molar-refractivity contribution >= 4 is 33.7 Å². The number of hydrogen-bond donors (Lipinski definition) is 0. The first-order valence-electron chi connectivity index (χ1n) is 9.67. The molecule has 0 bridgehead atoms. The van der Waals surface area contributed by atoms with Crippen molar-refractivity contribution in [1.82, 2.24) is 4.31 Å². The van der Waals surface area contributed by atoms with E-state index in [0.717, 1.165) is 38.4 Å². The van der Waals surface area contributed by atoms with E-state index in [0.29, 0.717) is 30.1 Å². The third-order valence-corrected chi connectivity index (χ3v) is 7.28. The second-order valence-electron chi connectivity index (χ2n) is 7.01. The first-order chi connectivity index (χ1) is 12.9. The highest BCUT2D eigenvalue weighted by atomic mass is 35.5. The van der Waals surface area contributed by atoms with Gasteiger partial charge >= 0.3 is 0 Å². The van der Waals surface area contributed by atoms with Crippen LogP contribution in [0, 0.1) is 0 Å². The molecule has 1 atom stereocenters. The minimum absolute atomic E-state index is 0.0648. The molecule has 0 N–H and O–H groups in total. The normalized spacial score (nSPS) is 16.8. The first kappa shape index (κ1) is 22.1. The summed E-state index contributed by atoms with van der Waals surface area (Å²) in [6.45, 7) is 3.08. The van der Waals surface area contributed by atoms with Crippen molar-refractivity contribution in [2.75, 3.05) is 13.1 Å². The van der Waals surface area contributed by atoms with Crippen LogP contribution in [0.3, 0.4) is 0 Å². The van der Waals surface area contributed by atoms with Gasteiger partial charge in [0.05, 0.1) is 4.90 Å². The Balaban J connectivity index is 2.37. The molecule has 0 aliphatic carbocycles. The Bertz CT molecular complexity index is 757. The number of benzene rings is 1. The number of carbonyl (C=O) groups excluding carboxylic acids is 2.